The minimum Gasteiger partial charge on any atom is -0.478 e. The second kappa shape index (κ2) is 6.36. The van der Waals surface area contributed by atoms with Crippen molar-refractivity contribution in [3.05, 3.63) is 11.8 Å². The summed E-state index contributed by atoms with van der Waals surface area (Å²) in [6, 6.07) is 0. The van der Waals surface area contributed by atoms with Crippen molar-refractivity contribution in [1.29, 1.82) is 5.41 Å². The molecule has 0 unspecified atom stereocenters. The van der Waals surface area contributed by atoms with Gasteiger partial charge in [0.2, 0.25) is 0 Å². The van der Waals surface area contributed by atoms with Gasteiger partial charge in [-0.3, -0.25) is 0 Å². The Balaban J connectivity index is 3.79. The number of ether oxygens (including phenoxy) is 1. The van der Waals surface area contributed by atoms with E-state index in [4.69, 9.17) is 15.3 Å². The average molecular weight is 172 g/mol. The Morgan fingerprint density at radius 1 is 1.75 bits per heavy atom. The molecule has 68 valence electrons. The summed E-state index contributed by atoms with van der Waals surface area (Å²) in [7, 11) is 1.56. The van der Waals surface area contributed by atoms with Crippen LogP contribution in [0.25, 0.3) is 0 Å². The Morgan fingerprint density at radius 2 is 2.42 bits per heavy atom. The molecular formula is C7H12N2O3. The molecule has 0 saturated carbocycles. The largest absolute Gasteiger partial charge is 0.478 e. The molecule has 0 atom stereocenters. The molecule has 5 heteroatoms. The van der Waals surface area contributed by atoms with Crippen molar-refractivity contribution >= 4 is 12.2 Å². The van der Waals surface area contributed by atoms with Crippen LogP contribution in [-0.2, 0) is 9.53 Å². The molecule has 0 fully saturated rings. The summed E-state index contributed by atoms with van der Waals surface area (Å²) < 4.78 is 4.72. The lowest BCUT2D eigenvalue weighted by Gasteiger charge is -1.99. The van der Waals surface area contributed by atoms with Gasteiger partial charge in [-0.2, -0.15) is 0 Å². The molecule has 0 bridgehead atoms. The van der Waals surface area contributed by atoms with Crippen LogP contribution in [0.15, 0.2) is 11.8 Å². The number of carbonyl (C=O) groups is 1. The third-order valence-electron chi connectivity index (χ3n) is 1.11. The SMILES string of the molecule is COCCN/C=C(\C=N)C(=O)O. The van der Waals surface area contributed by atoms with Crippen LogP contribution in [0.2, 0.25) is 0 Å². The Kier molecular flexibility index (Phi) is 5.64. The Morgan fingerprint density at radius 3 is 2.83 bits per heavy atom. The molecule has 0 heterocycles. The van der Waals surface area contributed by atoms with Gasteiger partial charge in [0, 0.05) is 26.1 Å². The van der Waals surface area contributed by atoms with Crippen LogP contribution < -0.4 is 5.32 Å². The Labute approximate surface area is 70.5 Å². The highest BCUT2D eigenvalue weighted by Gasteiger charge is 2.00. The van der Waals surface area contributed by atoms with E-state index in [1.807, 2.05) is 0 Å². The molecule has 0 saturated heterocycles. The van der Waals surface area contributed by atoms with Gasteiger partial charge in [-0.25, -0.2) is 4.79 Å². The molecule has 0 radical (unpaired) electrons. The van der Waals surface area contributed by atoms with Gasteiger partial charge in [0.25, 0.3) is 0 Å². The highest BCUT2D eigenvalue weighted by atomic mass is 16.5. The molecule has 0 aliphatic carbocycles. The van der Waals surface area contributed by atoms with Crippen molar-refractivity contribution < 1.29 is 14.6 Å². The zero-order chi connectivity index (χ0) is 9.40. The molecule has 0 aliphatic heterocycles. The molecule has 3 N–H and O–H groups in total. The molecule has 0 aliphatic rings. The lowest BCUT2D eigenvalue weighted by Crippen LogP contribution is -2.15. The average Bonchev–Trinajstić information content (AvgIpc) is 2.04. The third-order valence-corrected chi connectivity index (χ3v) is 1.11. The van der Waals surface area contributed by atoms with Crippen LogP contribution in [-0.4, -0.2) is 37.6 Å². The first kappa shape index (κ1) is 10.6. The van der Waals surface area contributed by atoms with Gasteiger partial charge in [0.05, 0.1) is 12.2 Å². The fourth-order valence-corrected chi connectivity index (χ4v) is 0.508. The van der Waals surface area contributed by atoms with Crippen molar-refractivity contribution in [3.8, 4) is 0 Å². The van der Waals surface area contributed by atoms with E-state index in [1.54, 1.807) is 7.11 Å². The number of rotatable bonds is 6. The maximum atomic E-state index is 10.3. The summed E-state index contributed by atoms with van der Waals surface area (Å²) in [6.07, 6.45) is 2.05. The van der Waals surface area contributed by atoms with E-state index in [0.717, 1.165) is 6.21 Å². The second-order valence-electron chi connectivity index (χ2n) is 2.00. The lowest BCUT2D eigenvalue weighted by molar-refractivity contribution is -0.132. The van der Waals surface area contributed by atoms with Gasteiger partial charge in [0.15, 0.2) is 0 Å². The normalized spacial score (nSPS) is 10.9. The molecule has 12 heavy (non-hydrogen) atoms. The first-order valence-electron chi connectivity index (χ1n) is 3.38. The molecule has 0 rings (SSSR count). The lowest BCUT2D eigenvalue weighted by atomic mass is 10.3. The Bertz CT molecular complexity index is 189. The van der Waals surface area contributed by atoms with Crippen molar-refractivity contribution in [2.24, 2.45) is 0 Å². The number of methoxy groups -OCH3 is 1. The van der Waals surface area contributed by atoms with E-state index in [2.05, 4.69) is 5.32 Å². The number of nitrogens with one attached hydrogen (secondary N) is 2. The van der Waals surface area contributed by atoms with Crippen molar-refractivity contribution in [3.63, 3.8) is 0 Å². The van der Waals surface area contributed by atoms with Crippen LogP contribution in [0.4, 0.5) is 0 Å². The highest BCUT2D eigenvalue weighted by Crippen LogP contribution is 1.85. The van der Waals surface area contributed by atoms with Crippen molar-refractivity contribution in [1.82, 2.24) is 5.32 Å². The molecule has 0 amide bonds. The molecule has 0 aromatic carbocycles. The summed E-state index contributed by atoms with van der Waals surface area (Å²) in [5, 5.41) is 17.9. The first-order chi connectivity index (χ1) is 5.72. The minimum atomic E-state index is -1.12. The number of aliphatic carboxylic acids is 1. The third kappa shape index (κ3) is 4.45. The van der Waals surface area contributed by atoms with Gasteiger partial charge in [0.1, 0.15) is 0 Å². The summed E-state index contributed by atoms with van der Waals surface area (Å²) in [6.45, 7) is 1.03. The van der Waals surface area contributed by atoms with Gasteiger partial charge >= 0.3 is 5.97 Å². The van der Waals surface area contributed by atoms with Crippen LogP contribution in [0, 0.1) is 5.41 Å². The van der Waals surface area contributed by atoms with E-state index >= 15 is 0 Å². The van der Waals surface area contributed by atoms with E-state index in [1.165, 1.54) is 6.20 Å². The van der Waals surface area contributed by atoms with Crippen molar-refractivity contribution in [2.75, 3.05) is 20.3 Å². The first-order valence-corrected chi connectivity index (χ1v) is 3.38. The van der Waals surface area contributed by atoms with Gasteiger partial charge in [-0.05, 0) is 0 Å². The summed E-state index contributed by atoms with van der Waals surface area (Å²) in [5.74, 6) is -1.12. The Hall–Kier alpha value is -1.36. The maximum Gasteiger partial charge on any atom is 0.338 e. The van der Waals surface area contributed by atoms with Gasteiger partial charge in [-0.15, -0.1) is 0 Å². The molecule has 0 spiro atoms. The highest BCUT2D eigenvalue weighted by molar-refractivity contribution is 6.07. The van der Waals surface area contributed by atoms with E-state index in [0.29, 0.717) is 13.2 Å². The van der Waals surface area contributed by atoms with Crippen LogP contribution in [0.1, 0.15) is 0 Å². The number of carboxylic acid groups (broad SMARTS) is 1. The number of carboxylic acids is 1. The van der Waals surface area contributed by atoms with E-state index in [9.17, 15) is 4.79 Å². The van der Waals surface area contributed by atoms with Crippen LogP contribution >= 0.6 is 0 Å². The van der Waals surface area contributed by atoms with Crippen molar-refractivity contribution in [2.45, 2.75) is 0 Å². The topological polar surface area (TPSA) is 82.4 Å². The smallest absolute Gasteiger partial charge is 0.338 e. The molecule has 5 nitrogen and oxygen atoms in total. The zero-order valence-electron chi connectivity index (χ0n) is 6.83. The summed E-state index contributed by atoms with van der Waals surface area (Å²) in [4.78, 5) is 10.3. The van der Waals surface area contributed by atoms with E-state index in [-0.39, 0.29) is 5.57 Å². The maximum absolute atomic E-state index is 10.3. The fraction of sp³-hybridized carbons (Fsp3) is 0.429. The summed E-state index contributed by atoms with van der Waals surface area (Å²) >= 11 is 0. The van der Waals surface area contributed by atoms with Gasteiger partial charge in [-0.1, -0.05) is 0 Å². The van der Waals surface area contributed by atoms with Crippen LogP contribution in [0.3, 0.4) is 0 Å². The predicted octanol–water partition coefficient (Wildman–Crippen LogP) is -0.160. The number of hydrogen-bond acceptors (Lipinski definition) is 4. The van der Waals surface area contributed by atoms with Crippen LogP contribution in [0.5, 0.6) is 0 Å². The zero-order valence-corrected chi connectivity index (χ0v) is 6.83. The predicted molar refractivity (Wildman–Crippen MR) is 44.4 cm³/mol. The molecule has 0 aromatic heterocycles. The fourth-order valence-electron chi connectivity index (χ4n) is 0.508. The minimum absolute atomic E-state index is 0.0777. The molecule has 0 aromatic rings. The van der Waals surface area contributed by atoms with E-state index < -0.39 is 5.97 Å². The standard InChI is InChI=1S/C7H12N2O3/c1-12-3-2-9-5-6(4-8)7(10)11/h4-5,8-9H,2-3H2,1H3,(H,10,11)/b6-5+,8-4?. The number of hydrogen-bond donors (Lipinski definition) is 3. The summed E-state index contributed by atoms with van der Waals surface area (Å²) in [5.41, 5.74) is -0.0777. The van der Waals surface area contributed by atoms with Gasteiger partial charge < -0.3 is 20.6 Å². The molecular weight excluding hydrogens is 160 g/mol. The second-order valence-corrected chi connectivity index (χ2v) is 2.00. The quantitative estimate of drug-likeness (QED) is 0.295. The monoisotopic (exact) mass is 172 g/mol.